The summed E-state index contributed by atoms with van der Waals surface area (Å²) in [6, 6.07) is 37.8. The van der Waals surface area contributed by atoms with Gasteiger partial charge in [0, 0.05) is 93.7 Å². The normalized spacial score (nSPS) is 14.0. The number of piperazine rings is 2. The highest BCUT2D eigenvalue weighted by Crippen LogP contribution is 2.39. The number of carboxylic acid groups (broad SMARTS) is 1. The van der Waals surface area contributed by atoms with Crippen LogP contribution < -0.4 is 5.32 Å². The smallest absolute Gasteiger partial charge is 0.338 e. The second-order valence-corrected chi connectivity index (χ2v) is 25.3. The summed E-state index contributed by atoms with van der Waals surface area (Å²) in [7, 11) is 2.56. The zero-order valence-electron chi connectivity index (χ0n) is 56.6. The van der Waals surface area contributed by atoms with Crippen molar-refractivity contribution in [1.82, 2.24) is 29.2 Å². The predicted octanol–water partition coefficient (Wildman–Crippen LogP) is 10.6. The molecule has 8 aromatic rings. The van der Waals surface area contributed by atoms with Gasteiger partial charge in [-0.1, -0.05) is 60.7 Å². The van der Waals surface area contributed by atoms with Crippen LogP contribution in [-0.2, 0) is 28.5 Å². The number of carbonyl (C=O) groups excluding carboxylic acids is 7. The number of aromatic carboxylic acids is 1. The van der Waals surface area contributed by atoms with Crippen molar-refractivity contribution in [2.45, 2.75) is 80.4 Å². The molecule has 0 radical (unpaired) electrons. The molecule has 508 valence electrons. The van der Waals surface area contributed by atoms with E-state index in [4.69, 9.17) is 28.9 Å². The Morgan fingerprint density at radius 3 is 1.22 bits per heavy atom. The number of nitrogens with zero attached hydrogens (tertiary/aromatic N) is 7. The number of ether oxygens (including phenoxy) is 4. The molecular weight excluding hydrogens is 1240 g/mol. The van der Waals surface area contributed by atoms with Crippen LogP contribution in [0.4, 0.5) is 11.4 Å². The summed E-state index contributed by atoms with van der Waals surface area (Å²) in [5.41, 5.74) is 5.90. The lowest BCUT2D eigenvalue weighted by molar-refractivity contribution is -0.157. The van der Waals surface area contributed by atoms with Crippen LogP contribution in [0.25, 0.3) is 21.8 Å². The van der Waals surface area contributed by atoms with Crippen LogP contribution in [0.3, 0.4) is 0 Å². The Morgan fingerprint density at radius 1 is 0.495 bits per heavy atom. The molecule has 2 aliphatic heterocycles. The fourth-order valence-corrected chi connectivity index (χ4v) is 11.2. The van der Waals surface area contributed by atoms with E-state index >= 15 is 0 Å². The zero-order chi connectivity index (χ0) is 70.6. The standard InChI is InChI=1S/C37H40N4O7.C27H22N2O6.C10H20N2O2/c1-23-20-29-30(21-28(23)36(46)47-6)41(24(2)42)35(45)32(29)33(25-10-8-7-9-11-25)38-27-14-12-26(13-15-27)34(44)40-18-16-39(17-19-40)22-31(43)48-37(3,4)5;1-15-13-21-22(14-20(15)27(34)35-3)29(16(2)30)25(31)23(21)24(17-7-5-4-6-8-17)28-19-11-9-18(10-12-19)26(32)33;1-10(2,3)14-9(13)8-12-6-4-11-5-7-12/h7-15,20-21,45H,16-19,22H2,1-6H3;4-14,31H,1-3H3,(H,32,33);11H,4-8H2,1-3H3. The molecule has 0 saturated carbocycles. The minimum Gasteiger partial charge on any atom is -0.494 e. The van der Waals surface area contributed by atoms with Gasteiger partial charge in [0.25, 0.3) is 5.91 Å². The Balaban J connectivity index is 0.000000213. The molecule has 2 aliphatic rings. The van der Waals surface area contributed by atoms with Gasteiger partial charge < -0.3 is 44.5 Å². The van der Waals surface area contributed by atoms with Gasteiger partial charge in [-0.2, -0.15) is 0 Å². The number of esters is 4. The summed E-state index contributed by atoms with van der Waals surface area (Å²) in [6.07, 6.45) is 0. The second-order valence-electron chi connectivity index (χ2n) is 25.3. The first-order chi connectivity index (χ1) is 46.0. The number of fused-ring (bicyclic) bond motifs is 2. The van der Waals surface area contributed by atoms with Crippen molar-refractivity contribution in [3.05, 3.63) is 189 Å². The summed E-state index contributed by atoms with van der Waals surface area (Å²) in [5, 5.41) is 36.3. The first-order valence-corrected chi connectivity index (χ1v) is 31.5. The number of aryl methyl sites for hydroxylation is 2. The number of nitrogens with one attached hydrogen (secondary N) is 1. The van der Waals surface area contributed by atoms with Gasteiger partial charge in [-0.05, 0) is 139 Å². The highest BCUT2D eigenvalue weighted by Gasteiger charge is 2.30. The van der Waals surface area contributed by atoms with Gasteiger partial charge in [-0.25, -0.2) is 24.4 Å². The van der Waals surface area contributed by atoms with E-state index in [-0.39, 0.29) is 58.4 Å². The second kappa shape index (κ2) is 31.3. The number of aliphatic imine (C=N–C) groups is 2. The number of hydrogen-bond donors (Lipinski definition) is 4. The molecular formula is C74H82N8O15. The third-order valence-corrected chi connectivity index (χ3v) is 15.7. The van der Waals surface area contributed by atoms with Crippen molar-refractivity contribution in [1.29, 1.82) is 0 Å². The third kappa shape index (κ3) is 18.0. The number of carbonyl (C=O) groups is 8. The molecule has 2 saturated heterocycles. The van der Waals surface area contributed by atoms with Gasteiger partial charge in [-0.3, -0.25) is 42.9 Å². The molecule has 0 atom stereocenters. The van der Waals surface area contributed by atoms with Crippen LogP contribution in [0.15, 0.2) is 143 Å². The summed E-state index contributed by atoms with van der Waals surface area (Å²) in [6.45, 7) is 23.8. The maximum absolute atomic E-state index is 13.4. The van der Waals surface area contributed by atoms with Crippen molar-refractivity contribution in [2.24, 2.45) is 9.98 Å². The number of methoxy groups -OCH3 is 2. The molecule has 23 heteroatoms. The zero-order valence-corrected chi connectivity index (χ0v) is 56.6. The number of rotatable bonds is 14. The van der Waals surface area contributed by atoms with Crippen LogP contribution >= 0.6 is 0 Å². The lowest BCUT2D eigenvalue weighted by atomic mass is 9.98. The van der Waals surface area contributed by atoms with Crippen LogP contribution in [0.2, 0.25) is 0 Å². The number of aromatic nitrogens is 2. The molecule has 4 N–H and O–H groups in total. The Morgan fingerprint density at radius 2 is 0.866 bits per heavy atom. The fraction of sp³-hybridized carbons (Fsp3) is 0.324. The van der Waals surface area contributed by atoms with Gasteiger partial charge in [-0.15, -0.1) is 0 Å². The monoisotopic (exact) mass is 1320 g/mol. The molecule has 6 aromatic carbocycles. The first kappa shape index (κ1) is 72.2. The van der Waals surface area contributed by atoms with Crippen LogP contribution in [0, 0.1) is 13.8 Å². The van der Waals surface area contributed by atoms with E-state index in [0.717, 1.165) is 35.3 Å². The van der Waals surface area contributed by atoms with Crippen LogP contribution in [-0.4, -0.2) is 189 Å². The lowest BCUT2D eigenvalue weighted by Gasteiger charge is -2.34. The molecule has 2 aromatic heterocycles. The van der Waals surface area contributed by atoms with Crippen LogP contribution in [0.1, 0.15) is 140 Å². The highest BCUT2D eigenvalue weighted by molar-refractivity contribution is 6.25. The first-order valence-electron chi connectivity index (χ1n) is 31.5. The molecule has 0 aliphatic carbocycles. The lowest BCUT2D eigenvalue weighted by Crippen LogP contribution is -2.50. The maximum atomic E-state index is 13.4. The van der Waals surface area contributed by atoms with E-state index in [9.17, 15) is 53.7 Å². The van der Waals surface area contributed by atoms with Crippen molar-refractivity contribution in [3.63, 3.8) is 0 Å². The number of amides is 1. The summed E-state index contributed by atoms with van der Waals surface area (Å²) in [5.74, 6) is -4.21. The molecule has 0 spiro atoms. The van der Waals surface area contributed by atoms with Crippen molar-refractivity contribution in [2.75, 3.05) is 79.7 Å². The SMILES string of the molecule is CC(C)(C)OC(=O)CN1CCNCC1.COC(=O)c1cc2c(cc1C)c(C(=Nc1ccc(C(=O)N3CCN(CC(=O)OC(C)(C)C)CC3)cc1)c1ccccc1)c(O)n2C(C)=O.COC(=O)c1cc2c(cc1C)c(C(=Nc1ccc(C(=O)O)cc1)c1ccccc1)c(O)n2C(C)=O. The number of hydrogen-bond acceptors (Lipinski definition) is 19. The van der Waals surface area contributed by atoms with E-state index in [2.05, 4.69) is 10.2 Å². The van der Waals surface area contributed by atoms with Gasteiger partial charge in [0.05, 0.1) is 89.0 Å². The van der Waals surface area contributed by atoms with Gasteiger partial charge in [0.15, 0.2) is 0 Å². The van der Waals surface area contributed by atoms with Gasteiger partial charge in [0.1, 0.15) is 11.2 Å². The Hall–Kier alpha value is -10.6. The minimum atomic E-state index is -1.05. The highest BCUT2D eigenvalue weighted by atomic mass is 16.6. The third-order valence-electron chi connectivity index (χ3n) is 15.7. The Kier molecular flexibility index (Phi) is 23.3. The molecule has 23 nitrogen and oxygen atoms in total. The van der Waals surface area contributed by atoms with E-state index < -0.39 is 35.3 Å². The van der Waals surface area contributed by atoms with Crippen molar-refractivity contribution in [3.8, 4) is 11.8 Å². The molecule has 0 unspecified atom stereocenters. The van der Waals surface area contributed by atoms with E-state index in [1.807, 2.05) is 107 Å². The van der Waals surface area contributed by atoms with Gasteiger partial charge >= 0.3 is 29.8 Å². The van der Waals surface area contributed by atoms with Crippen molar-refractivity contribution < 1.29 is 72.6 Å². The molecule has 10 rings (SSSR count). The number of carboxylic acids is 1. The largest absolute Gasteiger partial charge is 0.494 e. The quantitative estimate of drug-likeness (QED) is 0.0447. The summed E-state index contributed by atoms with van der Waals surface area (Å²) >= 11 is 0. The summed E-state index contributed by atoms with van der Waals surface area (Å²) < 4.78 is 22.7. The fourth-order valence-electron chi connectivity index (χ4n) is 11.2. The topological polar surface area (TPSA) is 290 Å². The molecule has 4 heterocycles. The molecule has 0 bridgehead atoms. The van der Waals surface area contributed by atoms with Crippen molar-refractivity contribution >= 4 is 92.2 Å². The average molecular weight is 1320 g/mol. The minimum absolute atomic E-state index is 0.118. The van der Waals surface area contributed by atoms with E-state index in [0.29, 0.717) is 116 Å². The van der Waals surface area contributed by atoms with E-state index in [1.54, 1.807) is 73.3 Å². The average Bonchev–Trinajstić information content (AvgIpc) is 1.60. The maximum Gasteiger partial charge on any atom is 0.338 e. The number of aromatic hydroxyl groups is 2. The van der Waals surface area contributed by atoms with E-state index in [1.165, 1.54) is 46.3 Å². The molecule has 97 heavy (non-hydrogen) atoms. The van der Waals surface area contributed by atoms with Gasteiger partial charge in [0.2, 0.25) is 23.6 Å². The van der Waals surface area contributed by atoms with Crippen LogP contribution in [0.5, 0.6) is 11.8 Å². The summed E-state index contributed by atoms with van der Waals surface area (Å²) in [4.78, 5) is 114. The Labute approximate surface area is 562 Å². The predicted molar refractivity (Wildman–Crippen MR) is 369 cm³/mol. The number of benzene rings is 6. The Bertz CT molecular complexity index is 4320. The molecule has 2 fully saturated rings. The molecule has 1 amide bonds.